The van der Waals surface area contributed by atoms with Gasteiger partial charge in [0.2, 0.25) is 15.8 Å². The van der Waals surface area contributed by atoms with E-state index in [1.807, 2.05) is 0 Å². The first-order valence-corrected chi connectivity index (χ1v) is 7.88. The van der Waals surface area contributed by atoms with Gasteiger partial charge in [-0.2, -0.15) is 0 Å². The summed E-state index contributed by atoms with van der Waals surface area (Å²) in [4.78, 5) is 10.3. The molecule has 0 radical (unpaired) electrons. The number of hydrogen-bond donors (Lipinski definition) is 1. The highest BCUT2D eigenvalue weighted by Gasteiger charge is 2.17. The van der Waals surface area contributed by atoms with Gasteiger partial charge in [-0.25, -0.2) is 13.6 Å². The van der Waals surface area contributed by atoms with Crippen LogP contribution >= 0.6 is 15.9 Å². The van der Waals surface area contributed by atoms with Crippen LogP contribution < -0.4 is 9.88 Å². The molecule has 0 bridgehead atoms. The summed E-state index contributed by atoms with van der Waals surface area (Å²) in [6.07, 6.45) is 0.784. The van der Waals surface area contributed by atoms with Crippen molar-refractivity contribution < 1.29 is 18.1 Å². The molecule has 19 heavy (non-hydrogen) atoms. The van der Waals surface area contributed by atoms with Crippen molar-refractivity contribution in [3.8, 4) is 5.75 Å². The summed E-state index contributed by atoms with van der Waals surface area (Å²) in [5, 5.41) is 15.7. The van der Waals surface area contributed by atoms with Gasteiger partial charge in [-0.15, -0.1) is 0 Å². The summed E-state index contributed by atoms with van der Waals surface area (Å²) in [6.45, 7) is 0.180. The summed E-state index contributed by atoms with van der Waals surface area (Å²) in [6, 6.07) is 4.51. The molecule has 1 aromatic rings. The highest BCUT2D eigenvalue weighted by Crippen LogP contribution is 2.34. The standard InChI is InChI=1S/C10H13BrN2O5S/c11-8-4-3-5-9(13(14)15)10(8)18-6-1-2-7-19(12,16)17/h3-5H,1-2,6-7H2,(H2,12,16,17). The molecule has 0 saturated carbocycles. The van der Waals surface area contributed by atoms with Crippen LogP contribution in [0.1, 0.15) is 12.8 Å². The molecule has 0 atom stereocenters. The van der Waals surface area contributed by atoms with Crippen molar-refractivity contribution >= 4 is 31.6 Å². The molecule has 7 nitrogen and oxygen atoms in total. The summed E-state index contributed by atoms with van der Waals surface area (Å²) in [5.41, 5.74) is -0.138. The second kappa shape index (κ2) is 6.83. The highest BCUT2D eigenvalue weighted by atomic mass is 79.9. The Balaban J connectivity index is 2.56. The van der Waals surface area contributed by atoms with Crippen LogP contribution in [0, 0.1) is 10.1 Å². The van der Waals surface area contributed by atoms with Gasteiger partial charge in [0, 0.05) is 6.07 Å². The number of hydrogen-bond acceptors (Lipinski definition) is 5. The number of nitro groups is 1. The monoisotopic (exact) mass is 352 g/mol. The Morgan fingerprint density at radius 3 is 2.63 bits per heavy atom. The lowest BCUT2D eigenvalue weighted by atomic mass is 10.3. The lowest BCUT2D eigenvalue weighted by molar-refractivity contribution is -0.386. The maximum atomic E-state index is 10.8. The van der Waals surface area contributed by atoms with E-state index in [4.69, 9.17) is 9.88 Å². The second-order valence-electron chi connectivity index (χ2n) is 3.77. The van der Waals surface area contributed by atoms with Gasteiger partial charge < -0.3 is 4.74 Å². The summed E-state index contributed by atoms with van der Waals surface area (Å²) in [5.74, 6) is 0.0112. The van der Waals surface area contributed by atoms with E-state index in [-0.39, 0.29) is 23.8 Å². The van der Waals surface area contributed by atoms with E-state index >= 15 is 0 Å². The van der Waals surface area contributed by atoms with Crippen molar-refractivity contribution in [2.45, 2.75) is 12.8 Å². The number of primary sulfonamides is 1. The molecule has 106 valence electrons. The molecule has 1 aromatic carbocycles. The number of unbranched alkanes of at least 4 members (excludes halogenated alkanes) is 1. The van der Waals surface area contributed by atoms with Gasteiger partial charge in [0.15, 0.2) is 0 Å². The number of nitro benzene ring substituents is 1. The molecule has 0 aromatic heterocycles. The minimum absolute atomic E-state index is 0.131. The Morgan fingerprint density at radius 2 is 2.05 bits per heavy atom. The Kier molecular flexibility index (Phi) is 5.70. The molecule has 0 saturated heterocycles. The molecule has 0 fully saturated rings. The van der Waals surface area contributed by atoms with E-state index in [1.54, 1.807) is 6.07 Å². The zero-order valence-corrected chi connectivity index (χ0v) is 12.3. The smallest absolute Gasteiger partial charge is 0.312 e. The van der Waals surface area contributed by atoms with Gasteiger partial charge in [-0.05, 0) is 34.8 Å². The van der Waals surface area contributed by atoms with Gasteiger partial charge >= 0.3 is 5.69 Å². The van der Waals surface area contributed by atoms with E-state index in [0.29, 0.717) is 17.3 Å². The first kappa shape index (κ1) is 15.9. The number of benzene rings is 1. The van der Waals surface area contributed by atoms with Crippen molar-refractivity contribution in [3.63, 3.8) is 0 Å². The molecule has 0 aliphatic rings. The molecule has 2 N–H and O–H groups in total. The molecular formula is C10H13BrN2O5S. The van der Waals surface area contributed by atoms with Gasteiger partial charge in [0.25, 0.3) is 0 Å². The van der Waals surface area contributed by atoms with Crippen LogP contribution in [0.2, 0.25) is 0 Å². The van der Waals surface area contributed by atoms with Gasteiger partial charge in [-0.3, -0.25) is 10.1 Å². The third-order valence-corrected chi connectivity index (χ3v) is 3.69. The molecule has 0 aliphatic carbocycles. The lowest BCUT2D eigenvalue weighted by Gasteiger charge is -2.08. The van der Waals surface area contributed by atoms with Crippen LogP contribution in [-0.2, 0) is 10.0 Å². The molecule has 9 heteroatoms. The number of halogens is 1. The zero-order chi connectivity index (χ0) is 14.5. The van der Waals surface area contributed by atoms with Crippen LogP contribution in [0.25, 0.3) is 0 Å². The van der Waals surface area contributed by atoms with E-state index in [1.165, 1.54) is 12.1 Å². The van der Waals surface area contributed by atoms with Crippen LogP contribution in [0.4, 0.5) is 5.69 Å². The predicted molar refractivity (Wildman–Crippen MR) is 73.5 cm³/mol. The van der Waals surface area contributed by atoms with Crippen molar-refractivity contribution in [2.75, 3.05) is 12.4 Å². The van der Waals surface area contributed by atoms with Gasteiger partial charge in [0.1, 0.15) is 0 Å². The van der Waals surface area contributed by atoms with Crippen LogP contribution in [-0.4, -0.2) is 25.7 Å². The van der Waals surface area contributed by atoms with E-state index < -0.39 is 14.9 Å². The normalized spacial score (nSPS) is 11.3. The first-order chi connectivity index (χ1) is 8.81. The number of rotatable bonds is 7. The Hall–Kier alpha value is -1.19. The average molecular weight is 353 g/mol. The van der Waals surface area contributed by atoms with Crippen LogP contribution in [0.3, 0.4) is 0 Å². The predicted octanol–water partition coefficient (Wildman–Crippen LogP) is 1.80. The first-order valence-electron chi connectivity index (χ1n) is 5.37. The van der Waals surface area contributed by atoms with Crippen molar-refractivity contribution in [2.24, 2.45) is 5.14 Å². The third-order valence-electron chi connectivity index (χ3n) is 2.21. The van der Waals surface area contributed by atoms with Crippen molar-refractivity contribution in [3.05, 3.63) is 32.8 Å². The molecule has 0 aliphatic heterocycles. The SMILES string of the molecule is NS(=O)(=O)CCCCOc1c(Br)cccc1[N+](=O)[O-]. The number of ether oxygens (including phenoxy) is 1. The van der Waals surface area contributed by atoms with Crippen molar-refractivity contribution in [1.82, 2.24) is 0 Å². The summed E-state index contributed by atoms with van der Waals surface area (Å²) < 4.78 is 27.2. The Morgan fingerprint density at radius 1 is 1.37 bits per heavy atom. The molecule has 1 rings (SSSR count). The molecule has 0 amide bonds. The topological polar surface area (TPSA) is 113 Å². The fraction of sp³-hybridized carbons (Fsp3) is 0.400. The van der Waals surface area contributed by atoms with Gasteiger partial charge in [-0.1, -0.05) is 6.07 Å². The zero-order valence-electron chi connectivity index (χ0n) is 9.91. The van der Waals surface area contributed by atoms with E-state index in [9.17, 15) is 18.5 Å². The van der Waals surface area contributed by atoms with Crippen LogP contribution in [0.15, 0.2) is 22.7 Å². The minimum Gasteiger partial charge on any atom is -0.486 e. The quantitative estimate of drug-likeness (QED) is 0.456. The molecule has 0 heterocycles. The Bertz CT molecular complexity index is 561. The number of nitrogens with zero attached hydrogens (tertiary/aromatic N) is 1. The van der Waals surface area contributed by atoms with Crippen LogP contribution in [0.5, 0.6) is 5.75 Å². The number of nitrogens with two attached hydrogens (primary N) is 1. The summed E-state index contributed by atoms with van der Waals surface area (Å²) >= 11 is 3.17. The van der Waals surface area contributed by atoms with E-state index in [2.05, 4.69) is 15.9 Å². The maximum Gasteiger partial charge on any atom is 0.312 e. The molecular weight excluding hydrogens is 340 g/mol. The maximum absolute atomic E-state index is 10.8. The van der Waals surface area contributed by atoms with E-state index in [0.717, 1.165) is 0 Å². The average Bonchev–Trinajstić information content (AvgIpc) is 2.28. The fourth-order valence-electron chi connectivity index (χ4n) is 1.36. The third kappa shape index (κ3) is 5.53. The molecule has 0 spiro atoms. The number of sulfonamides is 1. The second-order valence-corrected chi connectivity index (χ2v) is 6.36. The minimum atomic E-state index is -3.47. The number of para-hydroxylation sites is 1. The molecule has 0 unspecified atom stereocenters. The summed E-state index contributed by atoms with van der Waals surface area (Å²) in [7, 11) is -3.47. The Labute approximate surface area is 119 Å². The largest absolute Gasteiger partial charge is 0.486 e. The van der Waals surface area contributed by atoms with Gasteiger partial charge in [0.05, 0.1) is 21.8 Å². The lowest BCUT2D eigenvalue weighted by Crippen LogP contribution is -2.16. The fourth-order valence-corrected chi connectivity index (χ4v) is 2.44. The van der Waals surface area contributed by atoms with Crippen molar-refractivity contribution in [1.29, 1.82) is 0 Å². The highest BCUT2D eigenvalue weighted by molar-refractivity contribution is 9.10.